The van der Waals surface area contributed by atoms with E-state index < -0.39 is 0 Å². The van der Waals surface area contributed by atoms with Crippen molar-refractivity contribution in [2.24, 2.45) is 0 Å². The van der Waals surface area contributed by atoms with Crippen molar-refractivity contribution in [1.82, 2.24) is 5.16 Å². The molecular weight excluding hydrogens is 174 g/mol. The molecule has 0 N–H and O–H groups in total. The molecule has 1 heterocycles. The molecule has 2 heteroatoms. The first-order valence-electron chi connectivity index (χ1n) is 4.73. The SMILES string of the molecule is Cc1noc(C)c1Cc1ccccc1. The Morgan fingerprint density at radius 1 is 1.14 bits per heavy atom. The highest BCUT2D eigenvalue weighted by Gasteiger charge is 2.08. The van der Waals surface area contributed by atoms with Gasteiger partial charge in [0.25, 0.3) is 0 Å². The second kappa shape index (κ2) is 3.66. The fourth-order valence-electron chi connectivity index (χ4n) is 1.55. The standard InChI is InChI=1S/C12H13NO/c1-9-12(10(2)14-13-9)8-11-6-4-3-5-7-11/h3-7H,8H2,1-2H3. The van der Waals surface area contributed by atoms with Crippen LogP contribution < -0.4 is 0 Å². The molecule has 0 saturated heterocycles. The fraction of sp³-hybridized carbons (Fsp3) is 0.250. The Balaban J connectivity index is 2.27. The molecule has 0 saturated carbocycles. The quantitative estimate of drug-likeness (QED) is 0.722. The molecule has 0 spiro atoms. The van der Waals surface area contributed by atoms with Crippen molar-refractivity contribution in [3.8, 4) is 0 Å². The maximum atomic E-state index is 5.12. The molecule has 2 nitrogen and oxygen atoms in total. The zero-order valence-corrected chi connectivity index (χ0v) is 8.45. The van der Waals surface area contributed by atoms with Crippen LogP contribution in [0.2, 0.25) is 0 Å². The smallest absolute Gasteiger partial charge is 0.137 e. The number of aromatic nitrogens is 1. The predicted octanol–water partition coefficient (Wildman–Crippen LogP) is 2.88. The summed E-state index contributed by atoms with van der Waals surface area (Å²) in [6.07, 6.45) is 0.905. The van der Waals surface area contributed by atoms with Gasteiger partial charge in [0.15, 0.2) is 0 Å². The second-order valence-corrected chi connectivity index (χ2v) is 3.47. The minimum Gasteiger partial charge on any atom is -0.361 e. The van der Waals surface area contributed by atoms with Gasteiger partial charge in [-0.15, -0.1) is 0 Å². The van der Waals surface area contributed by atoms with E-state index in [0.29, 0.717) is 0 Å². The molecule has 2 aromatic rings. The molecule has 0 amide bonds. The Hall–Kier alpha value is -1.57. The maximum Gasteiger partial charge on any atom is 0.137 e. The number of benzene rings is 1. The average molecular weight is 187 g/mol. The van der Waals surface area contributed by atoms with Crippen molar-refractivity contribution in [1.29, 1.82) is 0 Å². The average Bonchev–Trinajstić information content (AvgIpc) is 2.51. The third-order valence-electron chi connectivity index (χ3n) is 2.40. The second-order valence-electron chi connectivity index (χ2n) is 3.47. The van der Waals surface area contributed by atoms with Gasteiger partial charge in [-0.05, 0) is 19.4 Å². The monoisotopic (exact) mass is 187 g/mol. The van der Waals surface area contributed by atoms with Gasteiger partial charge in [0.1, 0.15) is 5.76 Å². The van der Waals surface area contributed by atoms with Crippen LogP contribution in [0.3, 0.4) is 0 Å². The van der Waals surface area contributed by atoms with E-state index in [1.807, 2.05) is 32.0 Å². The van der Waals surface area contributed by atoms with Gasteiger partial charge in [0.05, 0.1) is 5.69 Å². The molecule has 0 fully saturated rings. The van der Waals surface area contributed by atoms with Crippen LogP contribution in [0.5, 0.6) is 0 Å². The summed E-state index contributed by atoms with van der Waals surface area (Å²) in [7, 11) is 0. The van der Waals surface area contributed by atoms with E-state index >= 15 is 0 Å². The van der Waals surface area contributed by atoms with Crippen molar-refractivity contribution < 1.29 is 4.52 Å². The van der Waals surface area contributed by atoms with E-state index in [4.69, 9.17) is 4.52 Å². The highest BCUT2D eigenvalue weighted by atomic mass is 16.5. The number of aryl methyl sites for hydroxylation is 2. The molecule has 0 unspecified atom stereocenters. The normalized spacial score (nSPS) is 10.4. The molecule has 14 heavy (non-hydrogen) atoms. The first kappa shape index (κ1) is 9.00. The molecule has 72 valence electrons. The molecule has 1 aromatic heterocycles. The van der Waals surface area contributed by atoms with Crippen molar-refractivity contribution in [3.63, 3.8) is 0 Å². The van der Waals surface area contributed by atoms with Gasteiger partial charge < -0.3 is 4.52 Å². The summed E-state index contributed by atoms with van der Waals surface area (Å²) in [5, 5.41) is 3.94. The van der Waals surface area contributed by atoms with Crippen LogP contribution in [0.25, 0.3) is 0 Å². The molecule has 0 bridgehead atoms. The molecule has 0 aliphatic heterocycles. The molecule has 0 radical (unpaired) electrons. The molecule has 2 rings (SSSR count). The summed E-state index contributed by atoms with van der Waals surface area (Å²) in [6.45, 7) is 3.94. The summed E-state index contributed by atoms with van der Waals surface area (Å²) < 4.78 is 5.12. The van der Waals surface area contributed by atoms with E-state index in [0.717, 1.165) is 17.9 Å². The third kappa shape index (κ3) is 1.69. The summed E-state index contributed by atoms with van der Waals surface area (Å²) in [6, 6.07) is 10.4. The van der Waals surface area contributed by atoms with Crippen LogP contribution in [0, 0.1) is 13.8 Å². The van der Waals surface area contributed by atoms with Crippen LogP contribution >= 0.6 is 0 Å². The van der Waals surface area contributed by atoms with E-state index in [9.17, 15) is 0 Å². The Bertz CT molecular complexity index is 398. The zero-order chi connectivity index (χ0) is 9.97. The number of hydrogen-bond acceptors (Lipinski definition) is 2. The lowest BCUT2D eigenvalue weighted by molar-refractivity contribution is 0.392. The van der Waals surface area contributed by atoms with Gasteiger partial charge in [-0.25, -0.2) is 0 Å². The largest absolute Gasteiger partial charge is 0.361 e. The van der Waals surface area contributed by atoms with E-state index in [-0.39, 0.29) is 0 Å². The first-order valence-corrected chi connectivity index (χ1v) is 4.73. The Morgan fingerprint density at radius 2 is 1.86 bits per heavy atom. The van der Waals surface area contributed by atoms with Crippen LogP contribution in [0.1, 0.15) is 22.6 Å². The molecule has 0 aliphatic carbocycles. The van der Waals surface area contributed by atoms with Gasteiger partial charge in [0, 0.05) is 12.0 Å². The first-order chi connectivity index (χ1) is 6.77. The topological polar surface area (TPSA) is 26.0 Å². The lowest BCUT2D eigenvalue weighted by atomic mass is 10.0. The van der Waals surface area contributed by atoms with E-state index in [1.54, 1.807) is 0 Å². The summed E-state index contributed by atoms with van der Waals surface area (Å²) in [4.78, 5) is 0. The van der Waals surface area contributed by atoms with Crippen molar-refractivity contribution in [3.05, 3.63) is 52.9 Å². The van der Waals surface area contributed by atoms with Gasteiger partial charge in [0.2, 0.25) is 0 Å². The lowest BCUT2D eigenvalue weighted by Crippen LogP contribution is -1.90. The third-order valence-corrected chi connectivity index (χ3v) is 2.40. The maximum absolute atomic E-state index is 5.12. The highest BCUT2D eigenvalue weighted by Crippen LogP contribution is 2.16. The molecule has 1 aromatic carbocycles. The van der Waals surface area contributed by atoms with Crippen LogP contribution in [0.15, 0.2) is 34.9 Å². The fourth-order valence-corrected chi connectivity index (χ4v) is 1.55. The number of hydrogen-bond donors (Lipinski definition) is 0. The zero-order valence-electron chi connectivity index (χ0n) is 8.45. The van der Waals surface area contributed by atoms with Crippen LogP contribution in [-0.4, -0.2) is 5.16 Å². The van der Waals surface area contributed by atoms with Crippen molar-refractivity contribution >= 4 is 0 Å². The van der Waals surface area contributed by atoms with Crippen molar-refractivity contribution in [2.45, 2.75) is 20.3 Å². The Morgan fingerprint density at radius 3 is 2.43 bits per heavy atom. The van der Waals surface area contributed by atoms with Crippen LogP contribution in [0.4, 0.5) is 0 Å². The summed E-state index contributed by atoms with van der Waals surface area (Å²) >= 11 is 0. The van der Waals surface area contributed by atoms with Gasteiger partial charge in [-0.3, -0.25) is 0 Å². The lowest BCUT2D eigenvalue weighted by Gasteiger charge is -1.99. The summed E-state index contributed by atoms with van der Waals surface area (Å²) in [5.74, 6) is 0.923. The van der Waals surface area contributed by atoms with Crippen molar-refractivity contribution in [2.75, 3.05) is 0 Å². The molecular formula is C12H13NO. The summed E-state index contributed by atoms with van der Waals surface area (Å²) in [5.41, 5.74) is 3.49. The van der Waals surface area contributed by atoms with Gasteiger partial charge in [-0.1, -0.05) is 35.5 Å². The predicted molar refractivity (Wildman–Crippen MR) is 55.2 cm³/mol. The minimum atomic E-state index is 0.905. The Kier molecular flexibility index (Phi) is 2.35. The number of rotatable bonds is 2. The Labute approximate surface area is 83.5 Å². The minimum absolute atomic E-state index is 0.905. The van der Waals surface area contributed by atoms with Gasteiger partial charge in [-0.2, -0.15) is 0 Å². The van der Waals surface area contributed by atoms with Gasteiger partial charge >= 0.3 is 0 Å². The van der Waals surface area contributed by atoms with Crippen LogP contribution in [-0.2, 0) is 6.42 Å². The molecule has 0 atom stereocenters. The molecule has 0 aliphatic rings. The number of nitrogens with zero attached hydrogens (tertiary/aromatic N) is 1. The van der Waals surface area contributed by atoms with E-state index in [1.165, 1.54) is 11.1 Å². The highest BCUT2D eigenvalue weighted by molar-refractivity contribution is 5.29. The van der Waals surface area contributed by atoms with E-state index in [2.05, 4.69) is 17.3 Å².